The van der Waals surface area contributed by atoms with Crippen molar-refractivity contribution >= 4 is 16.4 Å². The predicted octanol–water partition coefficient (Wildman–Crippen LogP) is 4.46. The van der Waals surface area contributed by atoms with Gasteiger partial charge >= 0.3 is 0 Å². The molecule has 3 aromatic rings. The monoisotopic (exact) mass is 323 g/mol. The maximum absolute atomic E-state index is 11.4. The van der Waals surface area contributed by atoms with Gasteiger partial charge in [0.1, 0.15) is 0 Å². The van der Waals surface area contributed by atoms with Crippen LogP contribution in [-0.4, -0.2) is 9.91 Å². The minimum Gasteiger partial charge on any atom is -0.271 e. The zero-order chi connectivity index (χ0) is 16.2. The predicted molar refractivity (Wildman–Crippen MR) is 89.4 cm³/mol. The molecule has 1 atom stereocenters. The lowest BCUT2D eigenvalue weighted by Gasteiger charge is -2.12. The van der Waals surface area contributed by atoms with Crippen LogP contribution < -0.4 is 0 Å². The van der Waals surface area contributed by atoms with E-state index in [0.29, 0.717) is 16.2 Å². The number of hydrogen-bond acceptors (Lipinski definition) is 4. The minimum absolute atomic E-state index is 0.0260. The van der Waals surface area contributed by atoms with Crippen LogP contribution >= 0.6 is 0 Å². The van der Waals surface area contributed by atoms with Crippen LogP contribution in [0, 0.1) is 14.9 Å². The summed E-state index contributed by atoms with van der Waals surface area (Å²) in [7, 11) is -1.03. The average molecular weight is 323 g/mol. The highest BCUT2D eigenvalue weighted by Gasteiger charge is 2.22. The largest absolute Gasteiger partial charge is 0.279 e. The molecular weight excluding hydrogens is 310 g/mol. The van der Waals surface area contributed by atoms with Gasteiger partial charge < -0.3 is 0 Å². The van der Waals surface area contributed by atoms with Gasteiger partial charge in [0.25, 0.3) is 5.69 Å². The third-order valence-electron chi connectivity index (χ3n) is 3.32. The van der Waals surface area contributed by atoms with Gasteiger partial charge in [-0.15, -0.1) is 0 Å². The van der Waals surface area contributed by atoms with Gasteiger partial charge in [-0.2, -0.15) is 0 Å². The molecule has 1 unspecified atom stereocenters. The van der Waals surface area contributed by atoms with E-state index in [9.17, 15) is 10.1 Å². The van der Waals surface area contributed by atoms with Gasteiger partial charge in [0.15, 0.2) is 0 Å². The molecule has 0 aliphatic rings. The Labute approximate surface area is 135 Å². The molecule has 3 rings (SSSR count). The second kappa shape index (κ2) is 6.50. The summed E-state index contributed by atoms with van der Waals surface area (Å²) in [5, 5.41) is 11.4. The van der Waals surface area contributed by atoms with Crippen LogP contribution in [0.1, 0.15) is 0 Å². The number of pyridine rings is 1. The smallest absolute Gasteiger partial charge is 0.271 e. The molecule has 0 spiro atoms. The molecule has 6 heteroatoms. The van der Waals surface area contributed by atoms with Gasteiger partial charge in [-0.05, 0) is 41.0 Å². The zero-order valence-corrected chi connectivity index (χ0v) is 12.9. The first-order valence-corrected chi connectivity index (χ1v) is 8.10. The summed E-state index contributed by atoms with van der Waals surface area (Å²) in [6.07, 6.45) is 1.60. The number of rotatable bonds is 4. The van der Waals surface area contributed by atoms with Gasteiger partial charge in [-0.3, -0.25) is 19.9 Å². The third kappa shape index (κ3) is 3.02. The van der Waals surface area contributed by atoms with Gasteiger partial charge in [-0.25, -0.2) is 0 Å². The van der Waals surface area contributed by atoms with E-state index in [1.807, 2.05) is 30.3 Å². The van der Waals surface area contributed by atoms with Crippen LogP contribution in [-0.2, 0) is 10.7 Å². The van der Waals surface area contributed by atoms with E-state index in [2.05, 4.69) is 4.98 Å². The van der Waals surface area contributed by atoms with Crippen molar-refractivity contribution in [3.05, 3.63) is 83.0 Å². The first-order valence-electron chi connectivity index (χ1n) is 6.88. The van der Waals surface area contributed by atoms with E-state index < -0.39 is 15.6 Å². The van der Waals surface area contributed by atoms with Crippen molar-refractivity contribution < 1.29 is 4.92 Å². The van der Waals surface area contributed by atoms with E-state index >= 15 is 0 Å². The first-order chi connectivity index (χ1) is 11.2. The molecule has 23 heavy (non-hydrogen) atoms. The molecule has 0 aliphatic carbocycles. The minimum atomic E-state index is -1.03. The fraction of sp³-hybridized carbons (Fsp3) is 0. The second-order valence-electron chi connectivity index (χ2n) is 4.74. The second-order valence-corrected chi connectivity index (χ2v) is 6.27. The van der Waals surface area contributed by atoms with E-state index in [4.69, 9.17) is 4.78 Å². The summed E-state index contributed by atoms with van der Waals surface area (Å²) in [4.78, 5) is 16.7. The van der Waals surface area contributed by atoms with Gasteiger partial charge in [0, 0.05) is 22.1 Å². The zero-order valence-electron chi connectivity index (χ0n) is 12.0. The molecular formula is C17H13N3O2S. The standard InChI is InChI=1S/C17H13N3O2S/c18-23(13-7-2-1-3-8-13)16-11-6-10-15(20(21)22)17(16)14-9-4-5-12-19-14/h1-12,18H. The van der Waals surface area contributed by atoms with Crippen LogP contribution in [0.5, 0.6) is 0 Å². The molecule has 5 nitrogen and oxygen atoms in total. The number of nitrogens with one attached hydrogen (secondary N) is 1. The topological polar surface area (TPSA) is 79.9 Å². The number of nitro benzene ring substituents is 1. The number of nitrogens with zero attached hydrogens (tertiary/aromatic N) is 2. The number of hydrogen-bond donors (Lipinski definition) is 1. The molecule has 0 saturated heterocycles. The summed E-state index contributed by atoms with van der Waals surface area (Å²) in [5.41, 5.74) is 0.901. The maximum atomic E-state index is 11.4. The molecule has 0 bridgehead atoms. The molecule has 0 radical (unpaired) electrons. The molecule has 0 saturated carbocycles. The van der Waals surface area contributed by atoms with Crippen LogP contribution in [0.4, 0.5) is 5.69 Å². The lowest BCUT2D eigenvalue weighted by atomic mass is 10.1. The van der Waals surface area contributed by atoms with Crippen molar-refractivity contribution in [3.8, 4) is 11.3 Å². The van der Waals surface area contributed by atoms with Gasteiger partial charge in [-0.1, -0.05) is 30.3 Å². The van der Waals surface area contributed by atoms with Crippen molar-refractivity contribution in [3.63, 3.8) is 0 Å². The first kappa shape index (κ1) is 15.1. The Hall–Kier alpha value is -2.86. The number of benzene rings is 2. The van der Waals surface area contributed by atoms with Crippen LogP contribution in [0.3, 0.4) is 0 Å². The molecule has 0 amide bonds. The van der Waals surface area contributed by atoms with Crippen LogP contribution in [0.2, 0.25) is 0 Å². The SMILES string of the molecule is N=S(c1ccccc1)c1cccc([N+](=O)[O-])c1-c1ccccn1. The Bertz CT molecular complexity index is 868. The summed E-state index contributed by atoms with van der Waals surface area (Å²) in [6, 6.07) is 19.4. The molecule has 1 heterocycles. The quantitative estimate of drug-likeness (QED) is 0.569. The van der Waals surface area contributed by atoms with E-state index in [0.717, 1.165) is 4.90 Å². The Morgan fingerprint density at radius 2 is 1.70 bits per heavy atom. The normalized spacial score (nSPS) is 11.8. The van der Waals surface area contributed by atoms with Gasteiger partial charge in [0.05, 0.1) is 16.2 Å². The molecule has 1 aromatic heterocycles. The Kier molecular flexibility index (Phi) is 4.25. The lowest BCUT2D eigenvalue weighted by Crippen LogP contribution is -2.00. The highest BCUT2D eigenvalue weighted by atomic mass is 32.2. The highest BCUT2D eigenvalue weighted by Crippen LogP contribution is 2.35. The number of aromatic nitrogens is 1. The molecule has 114 valence electrons. The lowest BCUT2D eigenvalue weighted by molar-refractivity contribution is -0.384. The van der Waals surface area contributed by atoms with E-state index in [1.54, 1.807) is 36.5 Å². The summed E-state index contributed by atoms with van der Waals surface area (Å²) in [5.74, 6) is 0. The van der Waals surface area contributed by atoms with E-state index in [-0.39, 0.29) is 5.69 Å². The number of nitro groups is 1. The van der Waals surface area contributed by atoms with E-state index in [1.165, 1.54) is 6.07 Å². The summed E-state index contributed by atoms with van der Waals surface area (Å²) < 4.78 is 8.56. The fourth-order valence-electron chi connectivity index (χ4n) is 2.29. The summed E-state index contributed by atoms with van der Waals surface area (Å²) in [6.45, 7) is 0. The van der Waals surface area contributed by atoms with Crippen molar-refractivity contribution in [2.24, 2.45) is 0 Å². The van der Waals surface area contributed by atoms with Crippen molar-refractivity contribution in [1.29, 1.82) is 4.78 Å². The Morgan fingerprint density at radius 3 is 2.35 bits per heavy atom. The van der Waals surface area contributed by atoms with Crippen molar-refractivity contribution in [2.75, 3.05) is 0 Å². The molecule has 0 aliphatic heterocycles. The molecule has 1 N–H and O–H groups in total. The van der Waals surface area contributed by atoms with Crippen molar-refractivity contribution in [1.82, 2.24) is 4.98 Å². The molecule has 2 aromatic carbocycles. The van der Waals surface area contributed by atoms with Crippen LogP contribution in [0.25, 0.3) is 11.3 Å². The van der Waals surface area contributed by atoms with Gasteiger partial charge in [0.2, 0.25) is 0 Å². The fourth-order valence-corrected chi connectivity index (χ4v) is 3.60. The van der Waals surface area contributed by atoms with Crippen LogP contribution in [0.15, 0.2) is 82.7 Å². The summed E-state index contributed by atoms with van der Waals surface area (Å²) >= 11 is 0. The molecule has 0 fully saturated rings. The van der Waals surface area contributed by atoms with Crippen molar-refractivity contribution in [2.45, 2.75) is 9.79 Å². The highest BCUT2D eigenvalue weighted by molar-refractivity contribution is 7.86. The average Bonchev–Trinajstić information content (AvgIpc) is 2.62. The maximum Gasteiger partial charge on any atom is 0.279 e. The Morgan fingerprint density at radius 1 is 0.957 bits per heavy atom. The third-order valence-corrected chi connectivity index (χ3v) is 4.84. The Balaban J connectivity index is 2.24.